The minimum Gasteiger partial charge on any atom is -0.668 e. The summed E-state index contributed by atoms with van der Waals surface area (Å²) in [4.78, 5) is 0. The van der Waals surface area contributed by atoms with Crippen molar-refractivity contribution in [3.63, 3.8) is 0 Å². The van der Waals surface area contributed by atoms with Crippen LogP contribution in [0.5, 0.6) is 0 Å². The molecule has 0 unspecified atom stereocenters. The van der Waals surface area contributed by atoms with Gasteiger partial charge in [0, 0.05) is 0 Å². The van der Waals surface area contributed by atoms with Gasteiger partial charge in [-0.3, -0.25) is 0 Å². The first-order valence-electron chi connectivity index (χ1n) is 3.16. The Morgan fingerprint density at radius 1 is 1.09 bits per heavy atom. The molecule has 0 heterocycles. The molecular weight excluding hydrogens is 213 g/mol. The first-order chi connectivity index (χ1) is 4.81. The van der Waals surface area contributed by atoms with Crippen molar-refractivity contribution in [1.82, 2.24) is 0 Å². The maximum Gasteiger partial charge on any atom is 2.00 e. The van der Waals surface area contributed by atoms with E-state index in [0.717, 1.165) is 5.56 Å². The van der Waals surface area contributed by atoms with Crippen LogP contribution in [-0.2, 0) is 26.2 Å². The Morgan fingerprint density at radius 2 is 1.45 bits per heavy atom. The maximum atomic E-state index is 3.72. The van der Waals surface area contributed by atoms with E-state index in [9.17, 15) is 0 Å². The molecule has 0 amide bonds. The molecule has 0 aliphatic heterocycles. The van der Waals surface area contributed by atoms with E-state index in [2.05, 4.69) is 12.2 Å². The van der Waals surface area contributed by atoms with Crippen LogP contribution in [-0.4, -0.2) is 14.1 Å². The van der Waals surface area contributed by atoms with Gasteiger partial charge >= 0.3 is 26.2 Å². The number of benzene rings is 1. The van der Waals surface area contributed by atoms with Gasteiger partial charge in [-0.05, 0) is 0 Å². The van der Waals surface area contributed by atoms with E-state index in [1.165, 1.54) is 0 Å². The Bertz CT molecular complexity index is 151. The normalized spacial score (nSPS) is 7.09. The topological polar surface area (TPSA) is 14.1 Å². The SMILES string of the molecule is C[N-]C.[CH2-]c1ccccc1.[Zr+2]. The van der Waals surface area contributed by atoms with Gasteiger partial charge in [-0.15, -0.1) is 12.1 Å². The molecule has 1 rings (SSSR count). The van der Waals surface area contributed by atoms with E-state index >= 15 is 0 Å². The molecule has 0 bridgehead atoms. The summed E-state index contributed by atoms with van der Waals surface area (Å²) in [6.45, 7) is 3.72. The van der Waals surface area contributed by atoms with Gasteiger partial charge in [-0.25, -0.2) is 0 Å². The zero-order chi connectivity index (χ0) is 7.82. The zero-order valence-corrected chi connectivity index (χ0v) is 9.50. The number of rotatable bonds is 0. The fraction of sp³-hybridized carbons (Fsp3) is 0.222. The minimum atomic E-state index is 0. The van der Waals surface area contributed by atoms with Crippen LogP contribution < -0.4 is 0 Å². The fourth-order valence-corrected chi connectivity index (χ4v) is 0.478. The average molecular weight is 226 g/mol. The summed E-state index contributed by atoms with van der Waals surface area (Å²) in [5.41, 5.74) is 1.07. The molecule has 58 valence electrons. The number of nitrogens with zero attached hydrogens (tertiary/aromatic N) is 1. The molecular formula is C9H13NZr. The fourth-order valence-electron chi connectivity index (χ4n) is 0.478. The van der Waals surface area contributed by atoms with E-state index in [0.29, 0.717) is 0 Å². The second-order valence-electron chi connectivity index (χ2n) is 1.93. The van der Waals surface area contributed by atoms with Gasteiger partial charge in [0.05, 0.1) is 0 Å². The predicted octanol–water partition coefficient (Wildman–Crippen LogP) is 2.49. The predicted molar refractivity (Wildman–Crippen MR) is 46.1 cm³/mol. The van der Waals surface area contributed by atoms with Crippen molar-refractivity contribution in [3.05, 3.63) is 48.1 Å². The zero-order valence-electron chi connectivity index (χ0n) is 7.04. The van der Waals surface area contributed by atoms with Crippen molar-refractivity contribution in [3.8, 4) is 0 Å². The molecule has 1 aromatic carbocycles. The molecule has 0 aromatic heterocycles. The van der Waals surface area contributed by atoms with Gasteiger partial charge in [-0.1, -0.05) is 6.07 Å². The van der Waals surface area contributed by atoms with Crippen LogP contribution in [0.4, 0.5) is 0 Å². The molecule has 0 spiro atoms. The summed E-state index contributed by atoms with van der Waals surface area (Å²) >= 11 is 0. The number of hydrogen-bond donors (Lipinski definition) is 0. The van der Waals surface area contributed by atoms with Gasteiger partial charge in [0.2, 0.25) is 0 Å². The third-order valence-corrected chi connectivity index (χ3v) is 0.843. The van der Waals surface area contributed by atoms with Crippen molar-refractivity contribution >= 4 is 0 Å². The van der Waals surface area contributed by atoms with Crippen molar-refractivity contribution in [2.24, 2.45) is 0 Å². The minimum absolute atomic E-state index is 0. The standard InChI is InChI=1S/C7H7.C2H6N.Zr/c1-7-5-3-2-4-6-7;1-3-2;/h2-6H,1H2;1-2H3;/q2*-1;+2. The average Bonchev–Trinajstić information content (AvgIpc) is 1.91. The molecule has 0 radical (unpaired) electrons. The summed E-state index contributed by atoms with van der Waals surface area (Å²) < 4.78 is 0. The van der Waals surface area contributed by atoms with E-state index in [1.807, 2.05) is 30.3 Å². The van der Waals surface area contributed by atoms with Gasteiger partial charge in [0.25, 0.3) is 0 Å². The molecule has 1 nitrogen and oxygen atoms in total. The van der Waals surface area contributed by atoms with Crippen LogP contribution in [0.2, 0.25) is 0 Å². The van der Waals surface area contributed by atoms with Gasteiger partial charge in [0.15, 0.2) is 0 Å². The van der Waals surface area contributed by atoms with Gasteiger partial charge in [-0.2, -0.15) is 38.7 Å². The molecule has 0 aliphatic rings. The molecule has 0 saturated heterocycles. The maximum absolute atomic E-state index is 3.72. The van der Waals surface area contributed by atoms with E-state index < -0.39 is 0 Å². The monoisotopic (exact) mass is 225 g/mol. The molecule has 0 fully saturated rings. The van der Waals surface area contributed by atoms with Crippen LogP contribution in [0.3, 0.4) is 0 Å². The molecule has 1 aromatic rings. The Labute approximate surface area is 88.3 Å². The number of hydrogen-bond acceptors (Lipinski definition) is 0. The van der Waals surface area contributed by atoms with Gasteiger partial charge in [0.1, 0.15) is 0 Å². The van der Waals surface area contributed by atoms with Crippen LogP contribution in [0, 0.1) is 6.92 Å². The van der Waals surface area contributed by atoms with Crippen molar-refractivity contribution < 1.29 is 26.2 Å². The van der Waals surface area contributed by atoms with E-state index in [4.69, 9.17) is 0 Å². The first kappa shape index (κ1) is 13.5. The Hall–Kier alpha value is -0.0669. The third kappa shape index (κ3) is 9.93. The van der Waals surface area contributed by atoms with Crippen LogP contribution in [0.25, 0.3) is 5.32 Å². The van der Waals surface area contributed by atoms with Gasteiger partial charge < -0.3 is 5.32 Å². The molecule has 0 N–H and O–H groups in total. The summed E-state index contributed by atoms with van der Waals surface area (Å²) in [5.74, 6) is 0. The summed E-state index contributed by atoms with van der Waals surface area (Å²) in [7, 11) is 3.50. The quantitative estimate of drug-likeness (QED) is 0.604. The summed E-state index contributed by atoms with van der Waals surface area (Å²) in [6, 6.07) is 9.87. The summed E-state index contributed by atoms with van der Waals surface area (Å²) in [6.07, 6.45) is 0. The molecule has 0 saturated carbocycles. The first-order valence-corrected chi connectivity index (χ1v) is 3.16. The molecule has 11 heavy (non-hydrogen) atoms. The van der Waals surface area contributed by atoms with Crippen molar-refractivity contribution in [1.29, 1.82) is 0 Å². The Balaban J connectivity index is 0. The molecule has 0 atom stereocenters. The summed E-state index contributed by atoms with van der Waals surface area (Å²) in [5, 5.41) is 3.50. The second-order valence-corrected chi connectivity index (χ2v) is 1.93. The van der Waals surface area contributed by atoms with Crippen molar-refractivity contribution in [2.75, 3.05) is 14.1 Å². The van der Waals surface area contributed by atoms with Crippen LogP contribution >= 0.6 is 0 Å². The largest absolute Gasteiger partial charge is 2.00 e. The van der Waals surface area contributed by atoms with Crippen LogP contribution in [0.15, 0.2) is 30.3 Å². The van der Waals surface area contributed by atoms with E-state index in [1.54, 1.807) is 14.1 Å². The third-order valence-electron chi connectivity index (χ3n) is 0.843. The van der Waals surface area contributed by atoms with Crippen molar-refractivity contribution in [2.45, 2.75) is 0 Å². The van der Waals surface area contributed by atoms with E-state index in [-0.39, 0.29) is 26.2 Å². The van der Waals surface area contributed by atoms with Crippen LogP contribution in [0.1, 0.15) is 5.56 Å². The Kier molecular flexibility index (Phi) is 12.2. The second kappa shape index (κ2) is 9.93. The smallest absolute Gasteiger partial charge is 0.668 e. The molecule has 2 heteroatoms. The Morgan fingerprint density at radius 3 is 1.64 bits per heavy atom. The molecule has 0 aliphatic carbocycles.